The number of hydrogen-bond acceptors (Lipinski definition) is 6. The van der Waals surface area contributed by atoms with E-state index in [1.807, 2.05) is 38.1 Å². The molecule has 126 valence electrons. The molecule has 8 heteroatoms. The zero-order chi connectivity index (χ0) is 17.4. The summed E-state index contributed by atoms with van der Waals surface area (Å²) in [6.45, 7) is 3.90. The van der Waals surface area contributed by atoms with Crippen molar-refractivity contribution < 1.29 is 4.79 Å². The van der Waals surface area contributed by atoms with Gasteiger partial charge in [-0.05, 0) is 38.0 Å². The molecule has 0 saturated heterocycles. The number of benzene rings is 1. The summed E-state index contributed by atoms with van der Waals surface area (Å²) < 4.78 is 2.76. The number of nitrogens with one attached hydrogen (secondary N) is 1. The number of aromatic nitrogens is 5. The van der Waals surface area contributed by atoms with Gasteiger partial charge in [-0.25, -0.2) is 14.5 Å². The molecule has 4 aromatic rings. The van der Waals surface area contributed by atoms with Crippen LogP contribution in [0.3, 0.4) is 0 Å². The van der Waals surface area contributed by atoms with E-state index >= 15 is 0 Å². The normalized spacial score (nSPS) is 11.3. The molecule has 3 heterocycles. The first kappa shape index (κ1) is 15.6. The quantitative estimate of drug-likeness (QED) is 0.610. The molecule has 1 aromatic carbocycles. The van der Waals surface area contributed by atoms with Gasteiger partial charge in [0.15, 0.2) is 5.13 Å². The number of fused-ring (bicyclic) bond motifs is 2. The number of rotatable bonds is 4. The van der Waals surface area contributed by atoms with E-state index < -0.39 is 0 Å². The molecule has 0 unspecified atom stereocenters. The molecule has 7 nitrogen and oxygen atoms in total. The van der Waals surface area contributed by atoms with Crippen LogP contribution in [0.25, 0.3) is 16.0 Å². The molecule has 1 N–H and O–H groups in total. The summed E-state index contributed by atoms with van der Waals surface area (Å²) in [7, 11) is 0. The molecule has 0 saturated carbocycles. The average molecular weight is 352 g/mol. The van der Waals surface area contributed by atoms with Gasteiger partial charge in [0.25, 0.3) is 5.78 Å². The average Bonchev–Trinajstić information content (AvgIpc) is 3.20. The van der Waals surface area contributed by atoms with E-state index in [9.17, 15) is 4.79 Å². The van der Waals surface area contributed by atoms with E-state index in [1.54, 1.807) is 4.52 Å². The first-order chi connectivity index (χ1) is 12.1. The number of anilines is 1. The Bertz CT molecular complexity index is 1050. The number of carbonyl (C=O) groups is 1. The lowest BCUT2D eigenvalue weighted by Gasteiger charge is -2.10. The maximum atomic E-state index is 12.3. The lowest BCUT2D eigenvalue weighted by molar-refractivity contribution is -0.116. The van der Waals surface area contributed by atoms with Gasteiger partial charge >= 0.3 is 0 Å². The number of para-hydroxylation sites is 1. The summed E-state index contributed by atoms with van der Waals surface area (Å²) in [5, 5.41) is 7.69. The van der Waals surface area contributed by atoms with Crippen molar-refractivity contribution in [3.63, 3.8) is 0 Å². The Morgan fingerprint density at radius 1 is 1.24 bits per heavy atom. The van der Waals surface area contributed by atoms with Gasteiger partial charge in [0.05, 0.1) is 10.2 Å². The van der Waals surface area contributed by atoms with Crippen molar-refractivity contribution in [1.82, 2.24) is 24.6 Å². The van der Waals surface area contributed by atoms with Crippen molar-refractivity contribution in [3.05, 3.63) is 47.5 Å². The zero-order valence-corrected chi connectivity index (χ0v) is 14.7. The first-order valence-electron chi connectivity index (χ1n) is 7.93. The number of nitrogens with zero attached hydrogens (tertiary/aromatic N) is 5. The summed E-state index contributed by atoms with van der Waals surface area (Å²) in [5.74, 6) is 0.522. The maximum absolute atomic E-state index is 12.3. The molecule has 0 aliphatic rings. The molecular weight excluding hydrogens is 336 g/mol. The molecule has 0 fully saturated rings. The predicted molar refractivity (Wildman–Crippen MR) is 96.8 cm³/mol. The van der Waals surface area contributed by atoms with Crippen LogP contribution >= 0.6 is 11.3 Å². The Morgan fingerprint density at radius 2 is 2.08 bits per heavy atom. The van der Waals surface area contributed by atoms with Crippen molar-refractivity contribution in [2.75, 3.05) is 5.32 Å². The molecule has 0 aliphatic heterocycles. The zero-order valence-electron chi connectivity index (χ0n) is 13.9. The topological polar surface area (TPSA) is 85.1 Å². The van der Waals surface area contributed by atoms with E-state index in [-0.39, 0.29) is 5.91 Å². The van der Waals surface area contributed by atoms with E-state index in [0.717, 1.165) is 27.2 Å². The largest absolute Gasteiger partial charge is 0.302 e. The van der Waals surface area contributed by atoms with Crippen LogP contribution in [-0.2, 0) is 11.2 Å². The minimum Gasteiger partial charge on any atom is -0.302 e. The van der Waals surface area contributed by atoms with Gasteiger partial charge in [0.2, 0.25) is 5.91 Å². The molecule has 4 rings (SSSR count). The molecule has 3 aromatic heterocycles. The summed E-state index contributed by atoms with van der Waals surface area (Å²) >= 11 is 1.48. The van der Waals surface area contributed by atoms with Crippen molar-refractivity contribution in [3.8, 4) is 0 Å². The lowest BCUT2D eigenvalue weighted by Crippen LogP contribution is -2.14. The van der Waals surface area contributed by atoms with Crippen LogP contribution in [0.15, 0.2) is 30.6 Å². The highest BCUT2D eigenvalue weighted by Crippen LogP contribution is 2.25. The highest BCUT2D eigenvalue weighted by molar-refractivity contribution is 7.22. The van der Waals surface area contributed by atoms with Crippen LogP contribution in [0, 0.1) is 13.8 Å². The van der Waals surface area contributed by atoms with Crippen LogP contribution in [-0.4, -0.2) is 30.5 Å². The number of carbonyl (C=O) groups excluding carboxylic acids is 1. The van der Waals surface area contributed by atoms with Gasteiger partial charge in [-0.15, -0.1) is 0 Å². The highest BCUT2D eigenvalue weighted by atomic mass is 32.1. The molecule has 1 amide bonds. The Morgan fingerprint density at radius 3 is 2.92 bits per heavy atom. The third kappa shape index (κ3) is 2.96. The molecule has 25 heavy (non-hydrogen) atoms. The SMILES string of the molecule is Cc1nc2ncnn2c(C)c1CCC(=O)Nc1nc2ccccc2s1. The summed E-state index contributed by atoms with van der Waals surface area (Å²) in [5.41, 5.74) is 3.77. The first-order valence-corrected chi connectivity index (χ1v) is 8.74. The van der Waals surface area contributed by atoms with E-state index in [2.05, 4.69) is 25.4 Å². The van der Waals surface area contributed by atoms with Crippen molar-refractivity contribution in [1.29, 1.82) is 0 Å². The van der Waals surface area contributed by atoms with Gasteiger partial charge in [-0.2, -0.15) is 10.1 Å². The molecular formula is C17H16N6OS. The van der Waals surface area contributed by atoms with Crippen LogP contribution in [0.4, 0.5) is 5.13 Å². The second-order valence-corrected chi connectivity index (χ2v) is 6.80. The third-order valence-corrected chi connectivity index (χ3v) is 5.08. The van der Waals surface area contributed by atoms with Crippen molar-refractivity contribution in [2.45, 2.75) is 26.7 Å². The smallest absolute Gasteiger partial charge is 0.252 e. The van der Waals surface area contributed by atoms with Gasteiger partial charge in [-0.3, -0.25) is 4.79 Å². The number of hydrogen-bond donors (Lipinski definition) is 1. The summed E-state index contributed by atoms with van der Waals surface area (Å²) in [4.78, 5) is 25.3. The molecule has 0 atom stereocenters. The highest BCUT2D eigenvalue weighted by Gasteiger charge is 2.13. The summed E-state index contributed by atoms with van der Waals surface area (Å²) in [6.07, 6.45) is 2.44. The fourth-order valence-corrected chi connectivity index (χ4v) is 3.75. The van der Waals surface area contributed by atoms with Gasteiger partial charge in [0, 0.05) is 17.8 Å². The molecule has 0 aliphatic carbocycles. The van der Waals surface area contributed by atoms with Crippen LogP contribution < -0.4 is 5.32 Å². The Labute approximate surface area is 147 Å². The number of amides is 1. The van der Waals surface area contributed by atoms with Crippen molar-refractivity contribution in [2.24, 2.45) is 0 Å². The second-order valence-electron chi connectivity index (χ2n) is 5.77. The molecule has 0 spiro atoms. The van der Waals surface area contributed by atoms with Crippen LogP contribution in [0.1, 0.15) is 23.4 Å². The van der Waals surface area contributed by atoms with Crippen LogP contribution in [0.2, 0.25) is 0 Å². The lowest BCUT2D eigenvalue weighted by atomic mass is 10.1. The second kappa shape index (κ2) is 6.21. The molecule has 0 radical (unpaired) electrons. The monoisotopic (exact) mass is 352 g/mol. The van der Waals surface area contributed by atoms with Gasteiger partial charge in [-0.1, -0.05) is 23.5 Å². The Balaban J connectivity index is 1.48. The maximum Gasteiger partial charge on any atom is 0.252 e. The number of aryl methyl sites for hydroxylation is 2. The minimum absolute atomic E-state index is 0.0588. The fourth-order valence-electron chi connectivity index (χ4n) is 2.86. The van der Waals surface area contributed by atoms with Crippen molar-refractivity contribution >= 4 is 38.4 Å². The number of thiazole rings is 1. The third-order valence-electron chi connectivity index (χ3n) is 4.13. The summed E-state index contributed by atoms with van der Waals surface area (Å²) in [6, 6.07) is 7.83. The van der Waals surface area contributed by atoms with E-state index in [1.165, 1.54) is 17.7 Å². The Kier molecular flexibility index (Phi) is 3.89. The van der Waals surface area contributed by atoms with E-state index in [4.69, 9.17) is 0 Å². The van der Waals surface area contributed by atoms with E-state index in [0.29, 0.717) is 23.8 Å². The van der Waals surface area contributed by atoms with Gasteiger partial charge < -0.3 is 5.32 Å². The molecule has 0 bridgehead atoms. The Hall–Kier alpha value is -2.87. The predicted octanol–water partition coefficient (Wildman–Crippen LogP) is 2.92. The fraction of sp³-hybridized carbons (Fsp3) is 0.235. The van der Waals surface area contributed by atoms with Crippen LogP contribution in [0.5, 0.6) is 0 Å². The minimum atomic E-state index is -0.0588. The van der Waals surface area contributed by atoms with Gasteiger partial charge in [0.1, 0.15) is 6.33 Å². The standard InChI is InChI=1S/C17H16N6OS/c1-10-12(11(2)23-16(20-10)18-9-19-23)7-8-15(24)22-17-21-13-5-3-4-6-14(13)25-17/h3-6,9H,7-8H2,1-2H3,(H,21,22,24).